The number of nitrogens with zero attached hydrogens (tertiary/aromatic N) is 2. The van der Waals surface area contributed by atoms with E-state index < -0.39 is 0 Å². The standard InChI is InChI=1S/C21H24ClN3/c1-15(19-9-11-20(22)12-10-19)23-13-21-16(2)24-25(17(21)3)14-18-7-5-4-6-8-18/h4-12,15,23H,13-14H2,1-3H3/t15-/m0/s1. The number of nitrogens with one attached hydrogen (secondary N) is 1. The van der Waals surface area contributed by atoms with Gasteiger partial charge in [-0.3, -0.25) is 4.68 Å². The molecule has 0 aliphatic rings. The first-order valence-corrected chi connectivity index (χ1v) is 8.98. The molecule has 3 aromatic rings. The highest BCUT2D eigenvalue weighted by atomic mass is 35.5. The molecule has 4 heteroatoms. The van der Waals surface area contributed by atoms with Gasteiger partial charge < -0.3 is 5.32 Å². The van der Waals surface area contributed by atoms with Gasteiger partial charge in [0.15, 0.2) is 0 Å². The zero-order valence-electron chi connectivity index (χ0n) is 15.0. The summed E-state index contributed by atoms with van der Waals surface area (Å²) < 4.78 is 2.09. The van der Waals surface area contributed by atoms with Gasteiger partial charge in [-0.05, 0) is 44.0 Å². The second-order valence-electron chi connectivity index (χ2n) is 6.45. The molecular weight excluding hydrogens is 330 g/mol. The Morgan fingerprint density at radius 2 is 1.72 bits per heavy atom. The van der Waals surface area contributed by atoms with Crippen molar-refractivity contribution in [3.63, 3.8) is 0 Å². The Morgan fingerprint density at radius 3 is 2.40 bits per heavy atom. The van der Waals surface area contributed by atoms with E-state index in [0.717, 1.165) is 23.8 Å². The first kappa shape index (κ1) is 17.7. The second-order valence-corrected chi connectivity index (χ2v) is 6.88. The molecule has 0 amide bonds. The molecule has 130 valence electrons. The largest absolute Gasteiger partial charge is 0.306 e. The van der Waals surface area contributed by atoms with Crippen molar-refractivity contribution in [2.24, 2.45) is 0 Å². The Hall–Kier alpha value is -2.10. The maximum atomic E-state index is 5.97. The Bertz CT molecular complexity index is 822. The molecule has 2 aromatic carbocycles. The number of benzene rings is 2. The van der Waals surface area contributed by atoms with Crippen molar-refractivity contribution in [2.75, 3.05) is 0 Å². The van der Waals surface area contributed by atoms with E-state index in [2.05, 4.69) is 67.2 Å². The van der Waals surface area contributed by atoms with Gasteiger partial charge in [0.1, 0.15) is 0 Å². The Labute approximate surface area is 154 Å². The number of halogens is 1. The van der Waals surface area contributed by atoms with Crippen LogP contribution in [-0.2, 0) is 13.1 Å². The summed E-state index contributed by atoms with van der Waals surface area (Å²) in [6, 6.07) is 18.7. The fraction of sp³-hybridized carbons (Fsp3) is 0.286. The molecular formula is C21H24ClN3. The van der Waals surface area contributed by atoms with Crippen molar-refractivity contribution in [3.05, 3.63) is 87.7 Å². The Balaban J connectivity index is 1.69. The van der Waals surface area contributed by atoms with Gasteiger partial charge in [0, 0.05) is 28.9 Å². The van der Waals surface area contributed by atoms with Gasteiger partial charge in [0.05, 0.1) is 12.2 Å². The molecule has 0 bridgehead atoms. The summed E-state index contributed by atoms with van der Waals surface area (Å²) in [5.74, 6) is 0. The molecule has 1 heterocycles. The third-order valence-corrected chi connectivity index (χ3v) is 4.91. The average Bonchev–Trinajstić information content (AvgIpc) is 2.88. The van der Waals surface area contributed by atoms with E-state index in [1.165, 1.54) is 22.4 Å². The molecule has 25 heavy (non-hydrogen) atoms. The molecule has 3 nitrogen and oxygen atoms in total. The Morgan fingerprint density at radius 1 is 1.04 bits per heavy atom. The molecule has 1 N–H and O–H groups in total. The molecule has 0 aliphatic heterocycles. The maximum Gasteiger partial charge on any atom is 0.0662 e. The Kier molecular flexibility index (Phi) is 5.57. The first-order chi connectivity index (χ1) is 12.0. The molecule has 1 atom stereocenters. The topological polar surface area (TPSA) is 29.9 Å². The summed E-state index contributed by atoms with van der Waals surface area (Å²) in [6.45, 7) is 8.00. The minimum absolute atomic E-state index is 0.258. The zero-order valence-corrected chi connectivity index (χ0v) is 15.7. The summed E-state index contributed by atoms with van der Waals surface area (Å²) in [4.78, 5) is 0. The highest BCUT2D eigenvalue weighted by Gasteiger charge is 2.13. The van der Waals surface area contributed by atoms with Gasteiger partial charge in [-0.15, -0.1) is 0 Å². The molecule has 0 spiro atoms. The number of rotatable bonds is 6. The predicted octanol–water partition coefficient (Wildman–Crippen LogP) is 5.05. The summed E-state index contributed by atoms with van der Waals surface area (Å²) in [6.07, 6.45) is 0. The van der Waals surface area contributed by atoms with Gasteiger partial charge in [-0.25, -0.2) is 0 Å². The highest BCUT2D eigenvalue weighted by molar-refractivity contribution is 6.30. The monoisotopic (exact) mass is 353 g/mol. The van der Waals surface area contributed by atoms with Crippen molar-refractivity contribution in [3.8, 4) is 0 Å². The molecule has 0 unspecified atom stereocenters. The van der Waals surface area contributed by atoms with E-state index in [4.69, 9.17) is 16.7 Å². The van der Waals surface area contributed by atoms with Gasteiger partial charge in [-0.1, -0.05) is 54.1 Å². The third-order valence-electron chi connectivity index (χ3n) is 4.66. The highest BCUT2D eigenvalue weighted by Crippen LogP contribution is 2.19. The van der Waals surface area contributed by atoms with E-state index in [9.17, 15) is 0 Å². The molecule has 0 saturated carbocycles. The van der Waals surface area contributed by atoms with E-state index in [1.807, 2.05) is 18.2 Å². The van der Waals surface area contributed by atoms with E-state index in [-0.39, 0.29) is 6.04 Å². The van der Waals surface area contributed by atoms with Crippen molar-refractivity contribution in [2.45, 2.75) is 39.9 Å². The lowest BCUT2D eigenvalue weighted by Gasteiger charge is -2.15. The predicted molar refractivity (Wildman–Crippen MR) is 104 cm³/mol. The smallest absolute Gasteiger partial charge is 0.0662 e. The summed E-state index contributed by atoms with van der Waals surface area (Å²) >= 11 is 5.97. The van der Waals surface area contributed by atoms with Crippen molar-refractivity contribution in [1.82, 2.24) is 15.1 Å². The van der Waals surface area contributed by atoms with Crippen LogP contribution >= 0.6 is 11.6 Å². The lowest BCUT2D eigenvalue weighted by atomic mass is 10.1. The van der Waals surface area contributed by atoms with Crippen LogP contribution in [0.2, 0.25) is 5.02 Å². The van der Waals surface area contributed by atoms with Crippen molar-refractivity contribution in [1.29, 1.82) is 0 Å². The number of hydrogen-bond acceptors (Lipinski definition) is 2. The average molecular weight is 354 g/mol. The molecule has 0 radical (unpaired) electrons. The molecule has 0 saturated heterocycles. The first-order valence-electron chi connectivity index (χ1n) is 8.60. The van der Waals surface area contributed by atoms with Gasteiger partial charge in [0.25, 0.3) is 0 Å². The van der Waals surface area contributed by atoms with Crippen LogP contribution in [0.25, 0.3) is 0 Å². The normalized spacial score (nSPS) is 12.3. The number of hydrogen-bond donors (Lipinski definition) is 1. The number of aryl methyl sites for hydroxylation is 1. The van der Waals surface area contributed by atoms with Crippen LogP contribution in [0.15, 0.2) is 54.6 Å². The third kappa shape index (κ3) is 4.30. The van der Waals surface area contributed by atoms with E-state index in [0.29, 0.717) is 0 Å². The molecule has 0 fully saturated rings. The lowest BCUT2D eigenvalue weighted by Crippen LogP contribution is -2.19. The van der Waals surface area contributed by atoms with E-state index >= 15 is 0 Å². The SMILES string of the molecule is Cc1nn(Cc2ccccc2)c(C)c1CN[C@@H](C)c1ccc(Cl)cc1. The zero-order chi connectivity index (χ0) is 17.8. The fourth-order valence-electron chi connectivity index (χ4n) is 3.02. The quantitative estimate of drug-likeness (QED) is 0.671. The van der Waals surface area contributed by atoms with Crippen LogP contribution in [0.1, 0.15) is 41.0 Å². The van der Waals surface area contributed by atoms with Crippen LogP contribution in [0.3, 0.4) is 0 Å². The summed E-state index contributed by atoms with van der Waals surface area (Å²) in [5.41, 5.74) is 6.08. The van der Waals surface area contributed by atoms with Crippen LogP contribution in [-0.4, -0.2) is 9.78 Å². The van der Waals surface area contributed by atoms with Crippen LogP contribution in [0, 0.1) is 13.8 Å². The summed E-state index contributed by atoms with van der Waals surface area (Å²) in [5, 5.41) is 9.09. The van der Waals surface area contributed by atoms with Crippen LogP contribution in [0.5, 0.6) is 0 Å². The van der Waals surface area contributed by atoms with Gasteiger partial charge in [-0.2, -0.15) is 5.10 Å². The minimum Gasteiger partial charge on any atom is -0.306 e. The van der Waals surface area contributed by atoms with Gasteiger partial charge in [0.2, 0.25) is 0 Å². The maximum absolute atomic E-state index is 5.97. The fourth-order valence-corrected chi connectivity index (χ4v) is 3.15. The van der Waals surface area contributed by atoms with Crippen molar-refractivity contribution < 1.29 is 0 Å². The lowest BCUT2D eigenvalue weighted by molar-refractivity contribution is 0.571. The van der Waals surface area contributed by atoms with Crippen LogP contribution < -0.4 is 5.32 Å². The second kappa shape index (κ2) is 7.85. The van der Waals surface area contributed by atoms with Crippen LogP contribution in [0.4, 0.5) is 0 Å². The minimum atomic E-state index is 0.258. The number of aromatic nitrogens is 2. The molecule has 1 aromatic heterocycles. The van der Waals surface area contributed by atoms with E-state index in [1.54, 1.807) is 0 Å². The summed E-state index contributed by atoms with van der Waals surface area (Å²) in [7, 11) is 0. The van der Waals surface area contributed by atoms with Crippen molar-refractivity contribution >= 4 is 11.6 Å². The van der Waals surface area contributed by atoms with Gasteiger partial charge >= 0.3 is 0 Å². The molecule has 0 aliphatic carbocycles. The molecule has 3 rings (SSSR count).